The van der Waals surface area contributed by atoms with E-state index in [1.807, 2.05) is 0 Å². The molecule has 0 aliphatic heterocycles. The van der Waals surface area contributed by atoms with Gasteiger partial charge < -0.3 is 30.2 Å². The van der Waals surface area contributed by atoms with Gasteiger partial charge in [-0.15, -0.1) is 0 Å². The number of hydrogen-bond donors (Lipinski definition) is 0. The third-order valence-corrected chi connectivity index (χ3v) is 10.4. The molecule has 0 heterocycles. The molecule has 0 N–H and O–H groups in total. The van der Waals surface area contributed by atoms with Crippen LogP contribution in [-0.2, 0) is 13.3 Å². The second kappa shape index (κ2) is 23.7. The van der Waals surface area contributed by atoms with Gasteiger partial charge in [0.1, 0.15) is 0 Å². The summed E-state index contributed by atoms with van der Waals surface area (Å²) in [7, 11) is 7.25. The molecule has 0 rings (SSSR count). The SMILES string of the molecule is CCCCCCCCCCCCCCCCCCCC[N+](C)(C)CC(C)[Si](OC)(OC)OC.[Cl-]. The maximum atomic E-state index is 5.67. The zero-order chi connectivity index (χ0) is 24.8. The van der Waals surface area contributed by atoms with E-state index < -0.39 is 8.80 Å². The van der Waals surface area contributed by atoms with Crippen molar-refractivity contribution in [3.05, 3.63) is 0 Å². The number of halogens is 1. The number of rotatable bonds is 25. The Kier molecular flexibility index (Phi) is 25.5. The molecule has 0 saturated heterocycles. The van der Waals surface area contributed by atoms with Crippen LogP contribution in [0.5, 0.6) is 0 Å². The van der Waals surface area contributed by atoms with Crippen LogP contribution in [0.2, 0.25) is 5.54 Å². The Morgan fingerprint density at radius 1 is 0.559 bits per heavy atom. The topological polar surface area (TPSA) is 27.7 Å². The highest BCUT2D eigenvalue weighted by Crippen LogP contribution is 2.26. The van der Waals surface area contributed by atoms with Crippen molar-refractivity contribution >= 4 is 8.80 Å². The van der Waals surface area contributed by atoms with Gasteiger partial charge in [0.2, 0.25) is 0 Å². The van der Waals surface area contributed by atoms with Crippen LogP contribution in [0.3, 0.4) is 0 Å². The predicted octanol–water partition coefficient (Wildman–Crippen LogP) is 5.38. The fraction of sp³-hybridized carbons (Fsp3) is 1.00. The van der Waals surface area contributed by atoms with Crippen molar-refractivity contribution in [1.29, 1.82) is 0 Å². The molecule has 0 aliphatic rings. The molecule has 0 bridgehead atoms. The molecule has 0 aromatic carbocycles. The van der Waals surface area contributed by atoms with Crippen molar-refractivity contribution in [1.82, 2.24) is 0 Å². The molecule has 0 aromatic heterocycles. The molecule has 0 spiro atoms. The van der Waals surface area contributed by atoms with Gasteiger partial charge in [0, 0.05) is 21.3 Å². The molecular weight excluding hydrogens is 462 g/mol. The van der Waals surface area contributed by atoms with Gasteiger partial charge in [-0.3, -0.25) is 0 Å². The van der Waals surface area contributed by atoms with Crippen LogP contribution >= 0.6 is 0 Å². The van der Waals surface area contributed by atoms with E-state index in [0.29, 0.717) is 5.54 Å². The first kappa shape index (κ1) is 36.5. The van der Waals surface area contributed by atoms with Crippen molar-refractivity contribution < 1.29 is 30.2 Å². The first-order valence-corrected chi connectivity index (χ1v) is 16.1. The highest BCUT2D eigenvalue weighted by Gasteiger charge is 2.47. The number of quaternary nitrogens is 1. The fourth-order valence-electron chi connectivity index (χ4n) is 5.24. The number of hydrogen-bond acceptors (Lipinski definition) is 3. The number of nitrogens with zero attached hydrogens (tertiary/aromatic N) is 1. The van der Waals surface area contributed by atoms with Gasteiger partial charge in [0.15, 0.2) is 0 Å². The first-order chi connectivity index (χ1) is 15.9. The van der Waals surface area contributed by atoms with Gasteiger partial charge in [-0.2, -0.15) is 0 Å². The Morgan fingerprint density at radius 2 is 0.853 bits per heavy atom. The standard InChI is InChI=1S/C28H62NO3Si.ClH/c1-8-9-10-11-12-13-14-15-16-17-18-19-20-21-22-23-24-25-26-29(3,4)27-28(2)33(30-5,31-6)32-7;/h28H,8-27H2,1-7H3;1H/q+1;/p-1. The maximum Gasteiger partial charge on any atom is 0.508 e. The molecule has 0 aliphatic carbocycles. The molecule has 1 atom stereocenters. The molecule has 0 fully saturated rings. The lowest BCUT2D eigenvalue weighted by Crippen LogP contribution is -3.00. The van der Waals surface area contributed by atoms with Crippen molar-refractivity contribution in [2.24, 2.45) is 0 Å². The average Bonchev–Trinajstić information content (AvgIpc) is 2.79. The molecule has 4 nitrogen and oxygen atoms in total. The second-order valence-corrected chi connectivity index (χ2v) is 14.4. The summed E-state index contributed by atoms with van der Waals surface area (Å²) in [5, 5.41) is 0. The van der Waals surface area contributed by atoms with Gasteiger partial charge in [-0.1, -0.05) is 117 Å². The molecular formula is C28H62ClNO3Si. The Morgan fingerprint density at radius 3 is 1.15 bits per heavy atom. The zero-order valence-corrected chi connectivity index (χ0v) is 26.0. The minimum absolute atomic E-state index is 0. The molecule has 6 heteroatoms. The molecule has 0 aromatic rings. The Hall–Kier alpha value is 0.347. The van der Waals surface area contributed by atoms with Crippen LogP contribution in [0, 0.1) is 0 Å². The highest BCUT2D eigenvalue weighted by molar-refractivity contribution is 6.62. The van der Waals surface area contributed by atoms with Crippen LogP contribution in [0.25, 0.3) is 0 Å². The molecule has 0 saturated carbocycles. The fourth-order valence-corrected chi connectivity index (χ4v) is 7.66. The summed E-state index contributed by atoms with van der Waals surface area (Å²) in [4.78, 5) is 0. The minimum Gasteiger partial charge on any atom is -1.00 e. The normalized spacial score (nSPS) is 13.1. The summed E-state index contributed by atoms with van der Waals surface area (Å²) < 4.78 is 18.0. The maximum absolute atomic E-state index is 5.67. The quantitative estimate of drug-likeness (QED) is 0.0913. The molecule has 208 valence electrons. The highest BCUT2D eigenvalue weighted by atomic mass is 35.5. The van der Waals surface area contributed by atoms with Crippen LogP contribution in [0.4, 0.5) is 0 Å². The van der Waals surface area contributed by atoms with Gasteiger partial charge in [0.05, 0.1) is 32.7 Å². The molecule has 0 amide bonds. The lowest BCUT2D eigenvalue weighted by Gasteiger charge is -2.37. The van der Waals surface area contributed by atoms with Crippen LogP contribution in [-0.4, -0.2) is 61.8 Å². The van der Waals surface area contributed by atoms with E-state index in [-0.39, 0.29) is 12.4 Å². The summed E-state index contributed by atoms with van der Waals surface area (Å²) in [5.74, 6) is 0. The average molecular weight is 524 g/mol. The van der Waals surface area contributed by atoms with Gasteiger partial charge >= 0.3 is 8.80 Å². The predicted molar refractivity (Wildman–Crippen MR) is 147 cm³/mol. The van der Waals surface area contributed by atoms with Crippen LogP contribution in [0.15, 0.2) is 0 Å². The van der Waals surface area contributed by atoms with Crippen molar-refractivity contribution in [3.63, 3.8) is 0 Å². The van der Waals surface area contributed by atoms with E-state index in [2.05, 4.69) is 27.9 Å². The van der Waals surface area contributed by atoms with Gasteiger partial charge in [-0.05, 0) is 12.8 Å². The third-order valence-electron chi connectivity index (χ3n) is 7.34. The zero-order valence-electron chi connectivity index (χ0n) is 24.3. The van der Waals surface area contributed by atoms with E-state index >= 15 is 0 Å². The summed E-state index contributed by atoms with van der Waals surface area (Å²) in [6, 6.07) is 0. The van der Waals surface area contributed by atoms with Crippen LogP contribution in [0.1, 0.15) is 129 Å². The Balaban J connectivity index is 0. The molecule has 0 radical (unpaired) electrons. The van der Waals surface area contributed by atoms with Crippen molar-refractivity contribution in [3.8, 4) is 0 Å². The van der Waals surface area contributed by atoms with Crippen molar-refractivity contribution in [2.75, 3.05) is 48.5 Å². The Labute approximate surface area is 222 Å². The van der Waals surface area contributed by atoms with E-state index in [9.17, 15) is 0 Å². The molecule has 34 heavy (non-hydrogen) atoms. The molecule has 1 unspecified atom stereocenters. The number of unbranched alkanes of at least 4 members (excludes halogenated alkanes) is 17. The second-order valence-electron chi connectivity index (χ2n) is 11.0. The third kappa shape index (κ3) is 18.6. The van der Waals surface area contributed by atoms with Gasteiger partial charge in [0.25, 0.3) is 0 Å². The summed E-state index contributed by atoms with van der Waals surface area (Å²) in [6.45, 7) is 6.74. The van der Waals surface area contributed by atoms with Gasteiger partial charge in [-0.25, -0.2) is 0 Å². The van der Waals surface area contributed by atoms with E-state index in [1.54, 1.807) is 21.3 Å². The Bertz CT molecular complexity index is 414. The summed E-state index contributed by atoms with van der Waals surface area (Å²) >= 11 is 0. The lowest BCUT2D eigenvalue weighted by molar-refractivity contribution is -0.890. The first-order valence-electron chi connectivity index (χ1n) is 14.3. The van der Waals surface area contributed by atoms with E-state index in [1.165, 1.54) is 122 Å². The largest absolute Gasteiger partial charge is 1.00 e. The summed E-state index contributed by atoms with van der Waals surface area (Å²) in [6.07, 6.45) is 25.7. The summed E-state index contributed by atoms with van der Waals surface area (Å²) in [5.41, 5.74) is 0.294. The van der Waals surface area contributed by atoms with Crippen molar-refractivity contribution in [2.45, 2.75) is 135 Å². The smallest absolute Gasteiger partial charge is 0.508 e. The lowest BCUT2D eigenvalue weighted by atomic mass is 10.0. The van der Waals surface area contributed by atoms with E-state index in [0.717, 1.165) is 11.0 Å². The monoisotopic (exact) mass is 523 g/mol. The van der Waals surface area contributed by atoms with E-state index in [4.69, 9.17) is 13.3 Å². The van der Waals surface area contributed by atoms with Crippen LogP contribution < -0.4 is 12.4 Å². The minimum atomic E-state index is -2.54.